The molecule has 0 saturated carbocycles. The first-order valence-corrected chi connectivity index (χ1v) is 22.2. The molecule has 15 heteroatoms. The molecule has 0 aliphatic carbocycles. The van der Waals surface area contributed by atoms with Gasteiger partial charge in [0.25, 0.3) is 0 Å². The highest BCUT2D eigenvalue weighted by atomic mass is 32.1. The highest BCUT2D eigenvalue weighted by Gasteiger charge is 2.29. The van der Waals surface area contributed by atoms with Gasteiger partial charge in [-0.2, -0.15) is 0 Å². The summed E-state index contributed by atoms with van der Waals surface area (Å²) in [7, 11) is 3.79. The first kappa shape index (κ1) is 47.4. The molecule has 3 N–H and O–H groups in total. The first-order valence-electron chi connectivity index (χ1n) is 21.3. The number of methoxy groups -OCH3 is 1. The zero-order valence-electron chi connectivity index (χ0n) is 36.5. The van der Waals surface area contributed by atoms with Gasteiger partial charge in [0.2, 0.25) is 0 Å². The van der Waals surface area contributed by atoms with Crippen molar-refractivity contribution >= 4 is 34.5 Å². The third-order valence-corrected chi connectivity index (χ3v) is 11.5. The Balaban J connectivity index is 0.000000311. The minimum absolute atomic E-state index is 0.196. The van der Waals surface area contributed by atoms with Gasteiger partial charge in [-0.15, -0.1) is 11.3 Å². The fourth-order valence-electron chi connectivity index (χ4n) is 7.64. The lowest BCUT2D eigenvalue weighted by Crippen LogP contribution is -2.44. The summed E-state index contributed by atoms with van der Waals surface area (Å²) in [6, 6.07) is 10.4. The number of fused-ring (bicyclic) bond motifs is 1. The van der Waals surface area contributed by atoms with Gasteiger partial charge in [-0.05, 0) is 68.9 Å². The van der Waals surface area contributed by atoms with Gasteiger partial charge in [-0.25, -0.2) is 9.99 Å². The number of nitrogens with zero attached hydrogens (tertiary/aromatic N) is 5. The van der Waals surface area contributed by atoms with Crippen LogP contribution in [0.5, 0.6) is 0 Å². The number of carbonyl (C=O) groups excluding carboxylic acids is 2. The molecule has 0 spiro atoms. The molecule has 3 fully saturated rings. The van der Waals surface area contributed by atoms with Gasteiger partial charge in [-0.3, -0.25) is 20.1 Å². The predicted molar refractivity (Wildman–Crippen MR) is 237 cm³/mol. The number of hydrogen-bond acceptors (Lipinski definition) is 14. The van der Waals surface area contributed by atoms with E-state index < -0.39 is 0 Å². The smallest absolute Gasteiger partial charge is 0.302 e. The summed E-state index contributed by atoms with van der Waals surface area (Å²) < 4.78 is 30.7. The van der Waals surface area contributed by atoms with Crippen molar-refractivity contribution in [2.24, 2.45) is 11.1 Å². The SMILES string of the molecule is CN1CCCCN1.COC(C)c1ncccc1-c1c(CC(C)(C)COC(C)=O)c2cc(-c3cscn3)ccc2n1CCOC1CCOCC1.NC(C=O)CN1CCOCC1. The third kappa shape index (κ3) is 14.2. The monoisotopic (exact) mass is 849 g/mol. The van der Waals surface area contributed by atoms with E-state index >= 15 is 0 Å². The zero-order chi connectivity index (χ0) is 42.9. The fourth-order valence-corrected chi connectivity index (χ4v) is 8.20. The molecule has 3 aromatic heterocycles. The maximum Gasteiger partial charge on any atom is 0.302 e. The van der Waals surface area contributed by atoms with Crippen molar-refractivity contribution in [1.82, 2.24) is 29.9 Å². The maximum absolute atomic E-state index is 11.7. The van der Waals surface area contributed by atoms with Crippen LogP contribution in [0.1, 0.15) is 70.7 Å². The summed E-state index contributed by atoms with van der Waals surface area (Å²) >= 11 is 1.59. The number of hydrazine groups is 1. The van der Waals surface area contributed by atoms with E-state index in [-0.39, 0.29) is 29.6 Å². The van der Waals surface area contributed by atoms with Crippen molar-refractivity contribution in [3.05, 3.63) is 58.7 Å². The maximum atomic E-state index is 11.7. The second-order valence-electron chi connectivity index (χ2n) is 16.5. The molecular weight excluding hydrogens is 783 g/mol. The second kappa shape index (κ2) is 24.1. The largest absolute Gasteiger partial charge is 0.465 e. The highest BCUT2D eigenvalue weighted by Crippen LogP contribution is 2.41. The number of aromatic nitrogens is 3. The number of benzene rings is 1. The number of nitrogens with two attached hydrogens (primary N) is 1. The molecule has 0 bridgehead atoms. The lowest BCUT2D eigenvalue weighted by atomic mass is 9.84. The molecule has 2 atom stereocenters. The average Bonchev–Trinajstić information content (AvgIpc) is 3.91. The topological polar surface area (TPSA) is 156 Å². The van der Waals surface area contributed by atoms with Crippen LogP contribution in [0.25, 0.3) is 33.4 Å². The van der Waals surface area contributed by atoms with Gasteiger partial charge < -0.3 is 38.8 Å². The summed E-state index contributed by atoms with van der Waals surface area (Å²) in [5.41, 5.74) is 17.6. The molecule has 3 aliphatic rings. The summed E-state index contributed by atoms with van der Waals surface area (Å²) in [6.45, 7) is 17.2. The Morgan fingerprint density at radius 1 is 1.10 bits per heavy atom. The second-order valence-corrected chi connectivity index (χ2v) is 17.2. The van der Waals surface area contributed by atoms with Crippen molar-refractivity contribution in [3.8, 4) is 22.5 Å². The van der Waals surface area contributed by atoms with Crippen molar-refractivity contribution < 1.29 is 33.3 Å². The summed E-state index contributed by atoms with van der Waals surface area (Å²) in [5, 5.41) is 5.37. The molecule has 330 valence electrons. The van der Waals surface area contributed by atoms with E-state index in [9.17, 15) is 9.59 Å². The van der Waals surface area contributed by atoms with Crippen LogP contribution in [0, 0.1) is 5.41 Å². The van der Waals surface area contributed by atoms with E-state index in [2.05, 4.69) is 75.4 Å². The quantitative estimate of drug-likeness (QED) is 0.108. The van der Waals surface area contributed by atoms with Gasteiger partial charge in [-0.1, -0.05) is 19.9 Å². The molecule has 6 heterocycles. The molecule has 14 nitrogen and oxygen atoms in total. The summed E-state index contributed by atoms with van der Waals surface area (Å²) in [4.78, 5) is 33.5. The Kier molecular flexibility index (Phi) is 19.1. The van der Waals surface area contributed by atoms with Crippen molar-refractivity contribution in [1.29, 1.82) is 0 Å². The summed E-state index contributed by atoms with van der Waals surface area (Å²) in [6.07, 6.45) is 7.84. The number of nitrogens with one attached hydrogen (secondary N) is 1. The average molecular weight is 850 g/mol. The number of aldehydes is 1. The van der Waals surface area contributed by atoms with E-state index in [0.717, 1.165) is 104 Å². The van der Waals surface area contributed by atoms with Gasteiger partial charge in [0, 0.05) is 113 Å². The Labute approximate surface area is 360 Å². The first-order chi connectivity index (χ1) is 29.0. The van der Waals surface area contributed by atoms with Crippen LogP contribution in [-0.4, -0.2) is 135 Å². The van der Waals surface area contributed by atoms with Crippen LogP contribution >= 0.6 is 11.3 Å². The van der Waals surface area contributed by atoms with Gasteiger partial charge in [0.05, 0.1) is 67.3 Å². The van der Waals surface area contributed by atoms with E-state index in [1.165, 1.54) is 31.9 Å². The van der Waals surface area contributed by atoms with Crippen LogP contribution < -0.4 is 11.2 Å². The molecule has 0 amide bonds. The number of thiazole rings is 1. The van der Waals surface area contributed by atoms with Crippen LogP contribution in [0.2, 0.25) is 0 Å². The number of ether oxygens (including phenoxy) is 5. The fraction of sp³-hybridized carbons (Fsp3) is 0.600. The van der Waals surface area contributed by atoms with E-state index in [4.69, 9.17) is 34.4 Å². The van der Waals surface area contributed by atoms with Crippen LogP contribution in [-0.2, 0) is 46.2 Å². The molecule has 1 aromatic carbocycles. The van der Waals surface area contributed by atoms with Crippen LogP contribution in [0.3, 0.4) is 0 Å². The lowest BCUT2D eigenvalue weighted by molar-refractivity contribution is -0.143. The van der Waals surface area contributed by atoms with Crippen LogP contribution in [0.4, 0.5) is 0 Å². The molecule has 4 aromatic rings. The van der Waals surface area contributed by atoms with Gasteiger partial charge in [0.15, 0.2) is 0 Å². The Morgan fingerprint density at radius 3 is 2.50 bits per heavy atom. The number of hydrogen-bond donors (Lipinski definition) is 2. The Morgan fingerprint density at radius 2 is 1.87 bits per heavy atom. The number of rotatable bonds is 15. The van der Waals surface area contributed by atoms with E-state index in [1.54, 1.807) is 18.4 Å². The molecule has 60 heavy (non-hydrogen) atoms. The molecule has 3 aliphatic heterocycles. The molecule has 3 saturated heterocycles. The molecule has 0 radical (unpaired) electrons. The molecule has 2 unspecified atom stereocenters. The van der Waals surface area contributed by atoms with Crippen molar-refractivity contribution in [2.75, 3.05) is 86.5 Å². The zero-order valence-corrected chi connectivity index (χ0v) is 37.3. The van der Waals surface area contributed by atoms with Gasteiger partial charge >= 0.3 is 5.97 Å². The number of esters is 1. The minimum atomic E-state index is -0.340. The lowest BCUT2D eigenvalue weighted by Gasteiger charge is -2.27. The van der Waals surface area contributed by atoms with Gasteiger partial charge in [0.1, 0.15) is 6.29 Å². The number of morpholine rings is 1. The van der Waals surface area contributed by atoms with E-state index in [1.807, 2.05) is 24.7 Å². The van der Waals surface area contributed by atoms with Crippen molar-refractivity contribution in [3.63, 3.8) is 0 Å². The van der Waals surface area contributed by atoms with Crippen LogP contribution in [0.15, 0.2) is 47.4 Å². The highest BCUT2D eigenvalue weighted by molar-refractivity contribution is 7.07. The third-order valence-electron chi connectivity index (χ3n) is 10.9. The Bertz CT molecular complexity index is 1890. The standard InChI is InChI=1S/C33H41N3O5S.C7H14N2O2.C5H12N2/c1-22(38-5)31-26(7-6-12-34-31)32-28(18-33(3,4)20-41-23(2)37)27-17-24(29-19-42-21-35-29)8-9-30(27)36(32)13-16-40-25-10-14-39-15-11-25;8-7(6-10)5-9-1-3-11-4-2-9;1-7-5-3-2-4-6-7/h6-9,12,17,19,21-22,25H,10-11,13-16,18,20H2,1-5H3;6-7H,1-5,8H2;6H,2-5H2,1H3. The van der Waals surface area contributed by atoms with Crippen molar-refractivity contribution in [2.45, 2.75) is 84.6 Å². The molecular formula is C45H67N7O7S. The predicted octanol–water partition coefficient (Wildman–Crippen LogP) is 5.92. The summed E-state index contributed by atoms with van der Waals surface area (Å²) in [5.74, 6) is -0.273. The van der Waals surface area contributed by atoms with E-state index in [0.29, 0.717) is 32.7 Å². The normalized spacial score (nSPS) is 17.9. The Hall–Kier alpha value is -3.64. The number of carbonyl (C=O) groups is 2. The molecule has 7 rings (SSSR count). The number of pyridine rings is 1. The minimum Gasteiger partial charge on any atom is -0.465 e.